The van der Waals surface area contributed by atoms with Gasteiger partial charge in [0.1, 0.15) is 10.0 Å². The Kier molecular flexibility index (Phi) is 5.95. The number of piperidine rings is 1. The van der Waals surface area contributed by atoms with Gasteiger partial charge in [0.2, 0.25) is 0 Å². The van der Waals surface area contributed by atoms with Crippen molar-refractivity contribution in [1.82, 2.24) is 4.90 Å². The molecular formula is C14H17Cl3N3O3+. The zero-order valence-corrected chi connectivity index (χ0v) is 14.8. The first-order chi connectivity index (χ1) is 10.8. The molecule has 0 aliphatic carbocycles. The van der Waals surface area contributed by atoms with Crippen LogP contribution in [0.1, 0.15) is 30.3 Å². The van der Waals surface area contributed by atoms with Crippen LogP contribution in [-0.4, -0.2) is 36.5 Å². The van der Waals surface area contributed by atoms with Gasteiger partial charge in [-0.25, -0.2) is 4.79 Å². The number of nitrogens with one attached hydrogen (secondary N) is 1. The average Bonchev–Trinajstić information content (AvgIpc) is 2.53. The second-order valence-corrected chi connectivity index (χ2v) is 6.65. The zero-order chi connectivity index (χ0) is 17.1. The minimum atomic E-state index is -0.821. The number of likely N-dealkylation sites (tertiary alicyclic amines) is 1. The van der Waals surface area contributed by atoms with Crippen molar-refractivity contribution in [2.45, 2.75) is 19.8 Å². The Balaban J connectivity index is 2.01. The highest BCUT2D eigenvalue weighted by molar-refractivity contribution is 6.45. The molecule has 1 aliphatic heterocycles. The third-order valence-electron chi connectivity index (χ3n) is 3.66. The monoisotopic (exact) mass is 380 g/mol. The number of carbonyl (C=O) groups excluding carboxylic acids is 2. The molecule has 23 heavy (non-hydrogen) atoms. The number of rotatable bonds is 3. The largest absolute Gasteiger partial charge is 0.448 e. The standard InChI is InChI=1S/C14H16Cl3N3O3/c1-7-3-2-4-20(5-7)8(21)6-23-14(22)12-9(15)11(18)10(16)13(17)19-12/h7H,2-6H2,1H3,(H2,18,19)/p+1/t7-/m1/s1. The van der Waals surface area contributed by atoms with E-state index in [4.69, 9.17) is 45.3 Å². The minimum Gasteiger partial charge on any atom is -0.448 e. The smallest absolute Gasteiger partial charge is 0.405 e. The van der Waals surface area contributed by atoms with Crippen molar-refractivity contribution in [1.29, 1.82) is 0 Å². The molecule has 2 rings (SSSR count). The van der Waals surface area contributed by atoms with Crippen LogP contribution in [0.15, 0.2) is 0 Å². The molecule has 3 N–H and O–H groups in total. The molecule has 9 heteroatoms. The van der Waals surface area contributed by atoms with E-state index in [0.717, 1.165) is 12.8 Å². The van der Waals surface area contributed by atoms with Crippen LogP contribution in [0.25, 0.3) is 0 Å². The van der Waals surface area contributed by atoms with Crippen LogP contribution in [0.2, 0.25) is 15.2 Å². The Hall–Kier alpha value is -1.24. The van der Waals surface area contributed by atoms with E-state index in [1.54, 1.807) is 4.90 Å². The van der Waals surface area contributed by atoms with Crippen LogP contribution in [0.5, 0.6) is 0 Å². The van der Waals surface area contributed by atoms with Gasteiger partial charge < -0.3 is 15.4 Å². The lowest BCUT2D eigenvalue weighted by Gasteiger charge is -2.30. The maximum Gasteiger partial charge on any atom is 0.405 e. The van der Waals surface area contributed by atoms with Crippen molar-refractivity contribution < 1.29 is 19.3 Å². The number of nitrogens with two attached hydrogens (primary N) is 1. The highest BCUT2D eigenvalue weighted by Crippen LogP contribution is 2.32. The fourth-order valence-corrected chi connectivity index (χ4v) is 3.02. The van der Waals surface area contributed by atoms with Crippen molar-refractivity contribution >= 4 is 52.4 Å². The van der Waals surface area contributed by atoms with Gasteiger partial charge in [0.15, 0.2) is 6.61 Å². The molecule has 0 spiro atoms. The predicted octanol–water partition coefficient (Wildman–Crippen LogP) is 2.46. The topological polar surface area (TPSA) is 86.8 Å². The lowest BCUT2D eigenvalue weighted by molar-refractivity contribution is -0.380. The van der Waals surface area contributed by atoms with Gasteiger partial charge in [-0.2, -0.15) is 4.98 Å². The molecule has 1 amide bonds. The van der Waals surface area contributed by atoms with Gasteiger partial charge in [0, 0.05) is 13.1 Å². The predicted molar refractivity (Wildman–Crippen MR) is 87.7 cm³/mol. The van der Waals surface area contributed by atoms with Crippen molar-refractivity contribution in [3.63, 3.8) is 0 Å². The van der Waals surface area contributed by atoms with Crippen LogP contribution in [0, 0.1) is 5.92 Å². The summed E-state index contributed by atoms with van der Waals surface area (Å²) in [5.41, 5.74) is 5.49. The number of esters is 1. The SMILES string of the molecule is C[C@@H]1CCCN(C(=O)COC(=O)c2[nH+]c(Cl)c(Cl)c(N)c2Cl)C1. The van der Waals surface area contributed by atoms with E-state index in [9.17, 15) is 9.59 Å². The Morgan fingerprint density at radius 3 is 2.70 bits per heavy atom. The molecule has 0 aromatic carbocycles. The van der Waals surface area contributed by atoms with Gasteiger partial charge in [-0.05, 0) is 30.4 Å². The highest BCUT2D eigenvalue weighted by atomic mass is 35.5. The molecule has 6 nitrogen and oxygen atoms in total. The quantitative estimate of drug-likeness (QED) is 0.643. The summed E-state index contributed by atoms with van der Waals surface area (Å²) >= 11 is 17.6. The number of pyridine rings is 1. The fourth-order valence-electron chi connectivity index (χ4n) is 2.42. The van der Waals surface area contributed by atoms with Crippen LogP contribution < -0.4 is 10.7 Å². The second-order valence-electron chi connectivity index (χ2n) is 5.52. The second kappa shape index (κ2) is 7.55. The summed E-state index contributed by atoms with van der Waals surface area (Å²) in [6.07, 6.45) is 2.04. The number of halogens is 3. The van der Waals surface area contributed by atoms with Crippen molar-refractivity contribution in [2.24, 2.45) is 5.92 Å². The van der Waals surface area contributed by atoms with E-state index in [-0.39, 0.29) is 39.1 Å². The number of nitrogens with zero attached hydrogens (tertiary/aromatic N) is 1. The molecular weight excluding hydrogens is 365 g/mol. The van der Waals surface area contributed by atoms with Gasteiger partial charge in [-0.1, -0.05) is 30.1 Å². The maximum absolute atomic E-state index is 12.1. The van der Waals surface area contributed by atoms with E-state index in [1.807, 2.05) is 0 Å². The third kappa shape index (κ3) is 4.19. The summed E-state index contributed by atoms with van der Waals surface area (Å²) in [4.78, 5) is 28.4. The molecule has 1 atom stereocenters. The molecule has 0 radical (unpaired) electrons. The highest BCUT2D eigenvalue weighted by Gasteiger charge is 2.29. The number of anilines is 1. The van der Waals surface area contributed by atoms with E-state index < -0.39 is 5.97 Å². The minimum absolute atomic E-state index is 0.0200. The number of hydrogen-bond acceptors (Lipinski definition) is 4. The number of ether oxygens (including phenoxy) is 1. The molecule has 1 fully saturated rings. The molecule has 0 bridgehead atoms. The van der Waals surface area contributed by atoms with E-state index in [0.29, 0.717) is 19.0 Å². The molecule has 1 saturated heterocycles. The molecule has 1 aliphatic rings. The van der Waals surface area contributed by atoms with E-state index in [2.05, 4.69) is 11.9 Å². The summed E-state index contributed by atoms with van der Waals surface area (Å²) < 4.78 is 5.01. The number of aromatic amines is 1. The first-order valence-electron chi connectivity index (χ1n) is 7.11. The number of nitrogen functional groups attached to an aromatic ring is 1. The molecule has 2 heterocycles. The summed E-state index contributed by atoms with van der Waals surface area (Å²) in [6.45, 7) is 3.06. The van der Waals surface area contributed by atoms with Gasteiger partial charge >= 0.3 is 11.7 Å². The average molecular weight is 382 g/mol. The Morgan fingerprint density at radius 1 is 1.35 bits per heavy atom. The van der Waals surface area contributed by atoms with E-state index >= 15 is 0 Å². The van der Waals surface area contributed by atoms with Crippen molar-refractivity contribution in [2.75, 3.05) is 25.4 Å². The first kappa shape index (κ1) is 18.1. The summed E-state index contributed by atoms with van der Waals surface area (Å²) in [5.74, 6) is -0.617. The van der Waals surface area contributed by atoms with Gasteiger partial charge in [0.05, 0.1) is 5.69 Å². The lowest BCUT2D eigenvalue weighted by atomic mass is 10.0. The van der Waals surface area contributed by atoms with Crippen LogP contribution in [0.4, 0.5) is 5.69 Å². The van der Waals surface area contributed by atoms with E-state index in [1.165, 1.54) is 0 Å². The third-order valence-corrected chi connectivity index (χ3v) is 4.83. The first-order valence-corrected chi connectivity index (χ1v) is 8.24. The summed E-state index contributed by atoms with van der Waals surface area (Å²) in [7, 11) is 0. The van der Waals surface area contributed by atoms with Crippen molar-refractivity contribution in [3.8, 4) is 0 Å². The van der Waals surface area contributed by atoms with Crippen molar-refractivity contribution in [3.05, 3.63) is 20.9 Å². The Bertz CT molecular complexity index is 639. The molecule has 0 saturated carbocycles. The van der Waals surface area contributed by atoms with Crippen LogP contribution in [-0.2, 0) is 9.53 Å². The lowest BCUT2D eigenvalue weighted by Crippen LogP contribution is -2.41. The van der Waals surface area contributed by atoms with Gasteiger partial charge in [0.25, 0.3) is 11.1 Å². The maximum atomic E-state index is 12.1. The number of aromatic nitrogens is 1. The molecule has 126 valence electrons. The Morgan fingerprint density at radius 2 is 2.04 bits per heavy atom. The van der Waals surface area contributed by atoms with Gasteiger partial charge in [-0.15, -0.1) is 0 Å². The zero-order valence-electron chi connectivity index (χ0n) is 12.5. The normalized spacial score (nSPS) is 17.9. The Labute approximate surface area is 148 Å². The fraction of sp³-hybridized carbons (Fsp3) is 0.500. The molecule has 0 unspecified atom stereocenters. The number of amides is 1. The van der Waals surface area contributed by atoms with Crippen LogP contribution in [0.3, 0.4) is 0 Å². The van der Waals surface area contributed by atoms with Gasteiger partial charge in [-0.3, -0.25) is 4.79 Å². The summed E-state index contributed by atoms with van der Waals surface area (Å²) in [5, 5.41) is -0.105. The number of hydrogen-bond donors (Lipinski definition) is 1. The number of H-pyrrole nitrogens is 1. The molecule has 1 aromatic rings. The van der Waals surface area contributed by atoms with Crippen LogP contribution >= 0.6 is 34.8 Å². The molecule has 1 aromatic heterocycles. The summed E-state index contributed by atoms with van der Waals surface area (Å²) in [6, 6.07) is 0. The number of carbonyl (C=O) groups is 2.